The predicted molar refractivity (Wildman–Crippen MR) is 91.6 cm³/mol. The Kier molecular flexibility index (Phi) is 3.56. The van der Waals surface area contributed by atoms with Crippen LogP contribution in [0.5, 0.6) is 0 Å². The number of para-hydroxylation sites is 1. The van der Waals surface area contributed by atoms with Crippen LogP contribution in [-0.4, -0.2) is 46.3 Å². The normalized spacial score (nSPS) is 25.1. The Morgan fingerprint density at radius 3 is 2.88 bits per heavy atom. The van der Waals surface area contributed by atoms with E-state index in [9.17, 15) is 4.79 Å². The van der Waals surface area contributed by atoms with E-state index in [1.54, 1.807) is 6.92 Å². The minimum Gasteiger partial charge on any atom is -0.451 e. The van der Waals surface area contributed by atoms with Crippen molar-refractivity contribution < 1.29 is 18.4 Å². The molecule has 2 aromatic heterocycles. The third-order valence-corrected chi connectivity index (χ3v) is 5.21. The monoisotopic (exact) mass is 353 g/mol. The topological polar surface area (TPSA) is 81.6 Å². The molecule has 134 valence electrons. The van der Waals surface area contributed by atoms with Gasteiger partial charge in [0.1, 0.15) is 5.58 Å². The van der Waals surface area contributed by atoms with Crippen LogP contribution in [0.15, 0.2) is 39.2 Å². The van der Waals surface area contributed by atoms with Crippen molar-refractivity contribution in [3.05, 3.63) is 47.9 Å². The second kappa shape index (κ2) is 5.95. The number of aryl methyl sites for hydroxylation is 1. The van der Waals surface area contributed by atoms with Gasteiger partial charge >= 0.3 is 0 Å². The summed E-state index contributed by atoms with van der Waals surface area (Å²) in [6.07, 6.45) is 1.67. The Hall–Kier alpha value is -2.67. The number of carbonyl (C=O) groups is 1. The maximum absolute atomic E-state index is 12.8. The van der Waals surface area contributed by atoms with Crippen LogP contribution < -0.4 is 0 Å². The molecule has 2 fully saturated rings. The van der Waals surface area contributed by atoms with Gasteiger partial charge in [-0.2, -0.15) is 0 Å². The molecule has 7 nitrogen and oxygen atoms in total. The molecule has 2 aliphatic rings. The first kappa shape index (κ1) is 15.6. The number of amides is 1. The molecule has 0 saturated carbocycles. The quantitative estimate of drug-likeness (QED) is 0.720. The van der Waals surface area contributed by atoms with E-state index in [1.165, 1.54) is 0 Å². The zero-order valence-corrected chi connectivity index (χ0v) is 14.4. The van der Waals surface area contributed by atoms with Crippen LogP contribution in [0, 0.1) is 12.8 Å². The third kappa shape index (κ3) is 2.68. The number of likely N-dealkylation sites (tertiary alicyclic amines) is 1. The number of hydrogen-bond donors (Lipinski definition) is 0. The van der Waals surface area contributed by atoms with E-state index in [4.69, 9.17) is 13.6 Å². The molecular formula is C19H19N3O4. The summed E-state index contributed by atoms with van der Waals surface area (Å²) < 4.78 is 17.3. The fraction of sp³-hybridized carbons (Fsp3) is 0.421. The first-order valence-corrected chi connectivity index (χ1v) is 8.88. The van der Waals surface area contributed by atoms with Gasteiger partial charge in [-0.05, 0) is 18.6 Å². The molecule has 0 aliphatic carbocycles. The van der Waals surface area contributed by atoms with Gasteiger partial charge < -0.3 is 18.5 Å². The summed E-state index contributed by atoms with van der Waals surface area (Å²) in [5, 5.41) is 8.83. The molecule has 3 aromatic rings. The van der Waals surface area contributed by atoms with Crippen LogP contribution in [0.4, 0.5) is 0 Å². The molecular weight excluding hydrogens is 334 g/mol. The molecule has 2 aliphatic heterocycles. The van der Waals surface area contributed by atoms with Crippen LogP contribution in [0.1, 0.15) is 28.8 Å². The van der Waals surface area contributed by atoms with Gasteiger partial charge in [0, 0.05) is 31.3 Å². The molecule has 7 heteroatoms. The second-order valence-corrected chi connectivity index (χ2v) is 7.07. The third-order valence-electron chi connectivity index (χ3n) is 5.21. The standard InChI is InChI=1S/C19H19N3O4/c1-11-20-21-18(24-11)8-14-6-13-9-22(10-17(13)25-14)19(23)16-7-12-4-2-3-5-15(12)26-16/h2-5,7,13-14,17H,6,8-10H2,1H3/t13-,14+,17+/m0/s1. The summed E-state index contributed by atoms with van der Waals surface area (Å²) in [7, 11) is 0. The molecule has 0 radical (unpaired) electrons. The van der Waals surface area contributed by atoms with Crippen LogP contribution >= 0.6 is 0 Å². The lowest BCUT2D eigenvalue weighted by Gasteiger charge is -2.17. The number of rotatable bonds is 3. The Balaban J connectivity index is 1.24. The lowest BCUT2D eigenvalue weighted by Crippen LogP contribution is -2.31. The van der Waals surface area contributed by atoms with E-state index in [0.717, 1.165) is 17.4 Å². The van der Waals surface area contributed by atoms with E-state index in [0.29, 0.717) is 43.0 Å². The molecule has 0 bridgehead atoms. The minimum atomic E-state index is -0.0664. The SMILES string of the molecule is Cc1nnc(C[C@H]2C[C@H]3CN(C(=O)c4cc5ccccc5o4)C[C@H]3O2)o1. The van der Waals surface area contributed by atoms with Crippen LogP contribution in [0.2, 0.25) is 0 Å². The van der Waals surface area contributed by atoms with E-state index in [1.807, 2.05) is 35.2 Å². The Bertz CT molecular complexity index is 916. The highest BCUT2D eigenvalue weighted by Gasteiger charge is 2.44. The molecule has 2 saturated heterocycles. The molecule has 4 heterocycles. The number of benzene rings is 1. The van der Waals surface area contributed by atoms with Gasteiger partial charge in [-0.3, -0.25) is 4.79 Å². The van der Waals surface area contributed by atoms with E-state index in [2.05, 4.69) is 10.2 Å². The van der Waals surface area contributed by atoms with Gasteiger partial charge in [-0.1, -0.05) is 18.2 Å². The highest BCUT2D eigenvalue weighted by atomic mass is 16.5. The maximum atomic E-state index is 12.8. The Morgan fingerprint density at radius 1 is 1.23 bits per heavy atom. The highest BCUT2D eigenvalue weighted by molar-refractivity contribution is 5.96. The fourth-order valence-electron chi connectivity index (χ4n) is 4.02. The van der Waals surface area contributed by atoms with Crippen molar-refractivity contribution >= 4 is 16.9 Å². The van der Waals surface area contributed by atoms with Crippen molar-refractivity contribution in [2.24, 2.45) is 5.92 Å². The zero-order valence-electron chi connectivity index (χ0n) is 14.4. The van der Waals surface area contributed by atoms with Crippen molar-refractivity contribution in [1.29, 1.82) is 0 Å². The zero-order chi connectivity index (χ0) is 17.7. The lowest BCUT2D eigenvalue weighted by atomic mass is 10.0. The van der Waals surface area contributed by atoms with Crippen molar-refractivity contribution in [3.8, 4) is 0 Å². The number of hydrogen-bond acceptors (Lipinski definition) is 6. The fourth-order valence-corrected chi connectivity index (χ4v) is 4.02. The summed E-state index contributed by atoms with van der Waals surface area (Å²) in [4.78, 5) is 14.6. The number of aromatic nitrogens is 2. The number of furan rings is 1. The number of nitrogens with zero attached hydrogens (tertiary/aromatic N) is 3. The molecule has 0 N–H and O–H groups in total. The van der Waals surface area contributed by atoms with Gasteiger partial charge in [0.05, 0.1) is 18.6 Å². The summed E-state index contributed by atoms with van der Waals surface area (Å²) in [5.74, 6) is 1.85. The van der Waals surface area contributed by atoms with Crippen molar-refractivity contribution in [2.45, 2.75) is 32.0 Å². The number of carbonyl (C=O) groups excluding carboxylic acids is 1. The summed E-state index contributed by atoms with van der Waals surface area (Å²) in [6, 6.07) is 9.47. The average Bonchev–Trinajstić information content (AvgIpc) is 3.36. The van der Waals surface area contributed by atoms with E-state index >= 15 is 0 Å². The molecule has 5 rings (SSSR count). The molecule has 1 amide bonds. The van der Waals surface area contributed by atoms with Crippen molar-refractivity contribution in [2.75, 3.05) is 13.1 Å². The van der Waals surface area contributed by atoms with E-state index < -0.39 is 0 Å². The molecule has 1 aromatic carbocycles. The van der Waals surface area contributed by atoms with Crippen molar-refractivity contribution in [3.63, 3.8) is 0 Å². The highest BCUT2D eigenvalue weighted by Crippen LogP contribution is 2.35. The summed E-state index contributed by atoms with van der Waals surface area (Å²) in [6.45, 7) is 3.07. The predicted octanol–water partition coefficient (Wildman–Crippen LogP) is 2.60. The average molecular weight is 353 g/mol. The molecule has 3 atom stereocenters. The summed E-state index contributed by atoms with van der Waals surface area (Å²) >= 11 is 0. The first-order valence-electron chi connectivity index (χ1n) is 8.88. The Labute approximate surface area is 149 Å². The number of fused-ring (bicyclic) bond motifs is 2. The van der Waals surface area contributed by atoms with Gasteiger partial charge in [0.25, 0.3) is 5.91 Å². The van der Waals surface area contributed by atoms with Crippen LogP contribution in [-0.2, 0) is 11.2 Å². The van der Waals surface area contributed by atoms with Crippen LogP contribution in [0.3, 0.4) is 0 Å². The smallest absolute Gasteiger partial charge is 0.289 e. The van der Waals surface area contributed by atoms with Crippen LogP contribution in [0.25, 0.3) is 11.0 Å². The largest absolute Gasteiger partial charge is 0.451 e. The lowest BCUT2D eigenvalue weighted by molar-refractivity contribution is 0.0330. The molecule has 26 heavy (non-hydrogen) atoms. The van der Waals surface area contributed by atoms with E-state index in [-0.39, 0.29) is 18.1 Å². The molecule has 0 spiro atoms. The summed E-state index contributed by atoms with van der Waals surface area (Å²) in [5.41, 5.74) is 0.737. The van der Waals surface area contributed by atoms with Gasteiger partial charge in [0.2, 0.25) is 11.8 Å². The maximum Gasteiger partial charge on any atom is 0.289 e. The van der Waals surface area contributed by atoms with Gasteiger partial charge in [0.15, 0.2) is 5.76 Å². The van der Waals surface area contributed by atoms with Gasteiger partial charge in [-0.25, -0.2) is 0 Å². The minimum absolute atomic E-state index is 0.0664. The first-order chi connectivity index (χ1) is 12.7. The van der Waals surface area contributed by atoms with Gasteiger partial charge in [-0.15, -0.1) is 10.2 Å². The molecule has 0 unspecified atom stereocenters. The second-order valence-electron chi connectivity index (χ2n) is 7.07. The van der Waals surface area contributed by atoms with Crippen molar-refractivity contribution in [1.82, 2.24) is 15.1 Å². The number of ether oxygens (including phenoxy) is 1. The Morgan fingerprint density at radius 2 is 2.12 bits per heavy atom.